The van der Waals surface area contributed by atoms with Gasteiger partial charge in [0, 0.05) is 12.4 Å². The van der Waals surface area contributed by atoms with E-state index in [1.54, 1.807) is 24.5 Å². The van der Waals surface area contributed by atoms with E-state index in [-0.39, 0.29) is 0 Å². The van der Waals surface area contributed by atoms with Crippen LogP contribution in [-0.4, -0.2) is 10.2 Å². The van der Waals surface area contributed by atoms with Gasteiger partial charge in [0.2, 0.25) is 0 Å². The van der Waals surface area contributed by atoms with Crippen LogP contribution in [0.5, 0.6) is 0 Å². The number of aromatic nitrogens is 1. The standard InChI is InChI=1S/C5H5NO3S/c7-8-9-10-5-2-1-3-6-4-5/h1-4,7H. The van der Waals surface area contributed by atoms with Crippen molar-refractivity contribution in [1.82, 2.24) is 4.98 Å². The molecule has 0 aromatic carbocycles. The highest BCUT2D eigenvalue weighted by molar-refractivity contribution is 7.94. The van der Waals surface area contributed by atoms with Gasteiger partial charge in [-0.1, -0.05) is 5.04 Å². The van der Waals surface area contributed by atoms with Crippen molar-refractivity contribution in [2.24, 2.45) is 0 Å². The molecule has 54 valence electrons. The minimum absolute atomic E-state index is 0.761. The Balaban J connectivity index is 2.43. The van der Waals surface area contributed by atoms with Crippen LogP contribution in [0.1, 0.15) is 0 Å². The third-order valence-electron chi connectivity index (χ3n) is 0.795. The van der Waals surface area contributed by atoms with Gasteiger partial charge >= 0.3 is 0 Å². The van der Waals surface area contributed by atoms with E-state index >= 15 is 0 Å². The van der Waals surface area contributed by atoms with Crippen molar-refractivity contribution in [2.75, 3.05) is 0 Å². The highest BCUT2D eigenvalue weighted by Crippen LogP contribution is 2.16. The topological polar surface area (TPSA) is 51.6 Å². The van der Waals surface area contributed by atoms with Crippen LogP contribution < -0.4 is 0 Å². The summed E-state index contributed by atoms with van der Waals surface area (Å²) in [4.78, 5) is 4.56. The Morgan fingerprint density at radius 3 is 3.10 bits per heavy atom. The van der Waals surface area contributed by atoms with E-state index in [2.05, 4.69) is 14.4 Å². The van der Waals surface area contributed by atoms with E-state index in [0.29, 0.717) is 0 Å². The van der Waals surface area contributed by atoms with Gasteiger partial charge in [0.25, 0.3) is 0 Å². The third-order valence-corrected chi connectivity index (χ3v) is 1.36. The molecule has 1 rings (SSSR count). The van der Waals surface area contributed by atoms with Crippen LogP contribution in [0.2, 0.25) is 0 Å². The summed E-state index contributed by atoms with van der Waals surface area (Å²) in [5.41, 5.74) is 0. The zero-order chi connectivity index (χ0) is 7.23. The summed E-state index contributed by atoms with van der Waals surface area (Å²) in [5, 5.41) is 11.1. The first kappa shape index (κ1) is 7.49. The summed E-state index contributed by atoms with van der Waals surface area (Å²) in [6, 6.07) is 3.53. The number of nitrogens with zero attached hydrogens (tertiary/aromatic N) is 1. The number of rotatable bonds is 3. The molecule has 0 spiro atoms. The molecular weight excluding hydrogens is 154 g/mol. The number of hydrogen-bond acceptors (Lipinski definition) is 5. The zero-order valence-corrected chi connectivity index (χ0v) is 5.75. The Bertz CT molecular complexity index is 182. The Hall–Kier alpha value is -0.620. The molecule has 0 radical (unpaired) electrons. The molecule has 0 saturated heterocycles. The van der Waals surface area contributed by atoms with Crippen LogP contribution in [-0.2, 0) is 9.37 Å². The van der Waals surface area contributed by atoms with E-state index < -0.39 is 0 Å². The van der Waals surface area contributed by atoms with Crippen molar-refractivity contribution in [1.29, 1.82) is 0 Å². The largest absolute Gasteiger partial charge is 0.263 e. The van der Waals surface area contributed by atoms with E-state index in [1.807, 2.05) is 0 Å². The Morgan fingerprint density at radius 2 is 2.50 bits per heavy atom. The average molecular weight is 159 g/mol. The lowest BCUT2D eigenvalue weighted by Crippen LogP contribution is -1.78. The molecule has 0 fully saturated rings. The Morgan fingerprint density at radius 1 is 1.60 bits per heavy atom. The first-order chi connectivity index (χ1) is 4.93. The molecular formula is C5H5NO3S. The van der Waals surface area contributed by atoms with Crippen molar-refractivity contribution < 1.29 is 14.6 Å². The molecule has 1 heterocycles. The van der Waals surface area contributed by atoms with Crippen molar-refractivity contribution in [3.63, 3.8) is 0 Å². The van der Waals surface area contributed by atoms with Crippen molar-refractivity contribution >= 4 is 12.0 Å². The quantitative estimate of drug-likeness (QED) is 0.411. The minimum Gasteiger partial charge on any atom is -0.263 e. The summed E-state index contributed by atoms with van der Waals surface area (Å²) < 4.78 is 4.15. The molecule has 1 aromatic heterocycles. The fourth-order valence-electron chi connectivity index (χ4n) is 0.451. The van der Waals surface area contributed by atoms with Gasteiger partial charge in [0.05, 0.1) is 16.9 Å². The van der Waals surface area contributed by atoms with E-state index in [4.69, 9.17) is 5.26 Å². The van der Waals surface area contributed by atoms with Crippen LogP contribution in [0.15, 0.2) is 29.4 Å². The van der Waals surface area contributed by atoms with Gasteiger partial charge in [-0.2, -0.15) is 0 Å². The maximum Gasteiger partial charge on any atom is 0.0730 e. The molecule has 1 N–H and O–H groups in total. The van der Waals surface area contributed by atoms with Gasteiger partial charge in [0.1, 0.15) is 0 Å². The highest BCUT2D eigenvalue weighted by atomic mass is 32.2. The normalized spacial score (nSPS) is 9.70. The minimum atomic E-state index is 0.761. The lowest BCUT2D eigenvalue weighted by molar-refractivity contribution is -0.432. The second-order valence-electron chi connectivity index (χ2n) is 1.41. The van der Waals surface area contributed by atoms with Gasteiger partial charge in [-0.15, -0.1) is 4.33 Å². The summed E-state index contributed by atoms with van der Waals surface area (Å²) in [6.45, 7) is 0. The average Bonchev–Trinajstić information content (AvgIpc) is 2.03. The first-order valence-corrected chi connectivity index (χ1v) is 3.22. The van der Waals surface area contributed by atoms with E-state index in [0.717, 1.165) is 16.9 Å². The Kier molecular flexibility index (Phi) is 3.17. The molecule has 0 aliphatic carbocycles. The van der Waals surface area contributed by atoms with Gasteiger partial charge in [-0.05, 0) is 12.1 Å². The second-order valence-corrected chi connectivity index (χ2v) is 2.19. The molecule has 10 heavy (non-hydrogen) atoms. The van der Waals surface area contributed by atoms with Crippen LogP contribution in [0.25, 0.3) is 0 Å². The molecule has 0 bridgehead atoms. The predicted molar refractivity (Wildman–Crippen MR) is 34.9 cm³/mol. The first-order valence-electron chi connectivity index (χ1n) is 2.48. The molecule has 0 aliphatic rings. The number of hydrogen-bond donors (Lipinski definition) is 1. The fourth-order valence-corrected chi connectivity index (χ4v) is 0.798. The zero-order valence-electron chi connectivity index (χ0n) is 4.93. The molecule has 5 heteroatoms. The molecule has 0 saturated carbocycles. The van der Waals surface area contributed by atoms with Crippen molar-refractivity contribution in [3.05, 3.63) is 24.5 Å². The van der Waals surface area contributed by atoms with E-state index in [9.17, 15) is 0 Å². The molecule has 0 unspecified atom stereocenters. The summed E-state index contributed by atoms with van der Waals surface area (Å²) in [7, 11) is 0. The maximum atomic E-state index is 7.76. The maximum absolute atomic E-state index is 7.76. The predicted octanol–water partition coefficient (Wildman–Crippen LogP) is 1.51. The summed E-state index contributed by atoms with van der Waals surface area (Å²) >= 11 is 0.886. The van der Waals surface area contributed by atoms with Crippen LogP contribution in [0.3, 0.4) is 0 Å². The molecule has 0 atom stereocenters. The second kappa shape index (κ2) is 4.24. The van der Waals surface area contributed by atoms with Gasteiger partial charge in [0.15, 0.2) is 0 Å². The highest BCUT2D eigenvalue weighted by Gasteiger charge is 1.91. The van der Waals surface area contributed by atoms with Crippen LogP contribution >= 0.6 is 12.0 Å². The van der Waals surface area contributed by atoms with Crippen LogP contribution in [0.4, 0.5) is 0 Å². The molecule has 1 aromatic rings. The monoisotopic (exact) mass is 159 g/mol. The van der Waals surface area contributed by atoms with Crippen molar-refractivity contribution in [3.8, 4) is 0 Å². The molecule has 0 amide bonds. The fraction of sp³-hybridized carbons (Fsp3) is 0. The summed E-state index contributed by atoms with van der Waals surface area (Å²) in [5.74, 6) is 0. The smallest absolute Gasteiger partial charge is 0.0730 e. The lowest BCUT2D eigenvalue weighted by Gasteiger charge is -1.93. The number of pyridine rings is 1. The van der Waals surface area contributed by atoms with Gasteiger partial charge < -0.3 is 0 Å². The van der Waals surface area contributed by atoms with Gasteiger partial charge in [-0.25, -0.2) is 5.26 Å². The third kappa shape index (κ3) is 2.32. The SMILES string of the molecule is OOOSc1cccnc1. The molecule has 4 nitrogen and oxygen atoms in total. The van der Waals surface area contributed by atoms with Gasteiger partial charge in [-0.3, -0.25) is 4.98 Å². The van der Waals surface area contributed by atoms with Crippen molar-refractivity contribution in [2.45, 2.75) is 4.90 Å². The van der Waals surface area contributed by atoms with Crippen LogP contribution in [0, 0.1) is 0 Å². The Labute approximate surface area is 61.9 Å². The lowest BCUT2D eigenvalue weighted by atomic mass is 10.5. The van der Waals surface area contributed by atoms with E-state index in [1.165, 1.54) is 0 Å². The molecule has 0 aliphatic heterocycles. The summed E-state index contributed by atoms with van der Waals surface area (Å²) in [6.07, 6.45) is 3.23.